The number of aliphatic hydroxyl groups is 1. The smallest absolute Gasteiger partial charge is 0.130 e. The monoisotopic (exact) mass is 192 g/mol. The summed E-state index contributed by atoms with van der Waals surface area (Å²) in [6.07, 6.45) is 7.14. The van der Waals surface area contributed by atoms with Gasteiger partial charge in [0.15, 0.2) is 0 Å². The summed E-state index contributed by atoms with van der Waals surface area (Å²) >= 11 is 0. The van der Waals surface area contributed by atoms with Gasteiger partial charge in [-0.2, -0.15) is 0 Å². The van der Waals surface area contributed by atoms with Crippen molar-refractivity contribution in [1.82, 2.24) is 9.97 Å². The van der Waals surface area contributed by atoms with Crippen LogP contribution in [0.25, 0.3) is 6.08 Å². The number of nitrogens with one attached hydrogen (secondary N) is 1. The van der Waals surface area contributed by atoms with Crippen LogP contribution in [0.4, 0.5) is 0 Å². The van der Waals surface area contributed by atoms with Crippen molar-refractivity contribution in [3.63, 3.8) is 0 Å². The van der Waals surface area contributed by atoms with Crippen molar-refractivity contribution in [2.75, 3.05) is 6.61 Å². The molecule has 0 spiro atoms. The second kappa shape index (κ2) is 3.96. The van der Waals surface area contributed by atoms with Crippen molar-refractivity contribution in [3.8, 4) is 0 Å². The molecule has 1 heterocycles. The molecule has 2 rings (SSSR count). The van der Waals surface area contributed by atoms with Gasteiger partial charge >= 0.3 is 0 Å². The molecule has 1 aromatic heterocycles. The van der Waals surface area contributed by atoms with E-state index in [1.165, 1.54) is 24.2 Å². The summed E-state index contributed by atoms with van der Waals surface area (Å²) in [5, 5.41) is 8.62. The van der Waals surface area contributed by atoms with Crippen LogP contribution in [0, 0.1) is 6.92 Å². The van der Waals surface area contributed by atoms with E-state index in [1.54, 1.807) is 0 Å². The third kappa shape index (κ3) is 2.04. The number of nitrogens with zero attached hydrogens (tertiary/aromatic N) is 1. The third-order valence-electron chi connectivity index (χ3n) is 2.48. The van der Waals surface area contributed by atoms with Gasteiger partial charge in [0.25, 0.3) is 0 Å². The highest BCUT2D eigenvalue weighted by Crippen LogP contribution is 2.40. The molecule has 14 heavy (non-hydrogen) atoms. The Morgan fingerprint density at radius 2 is 2.36 bits per heavy atom. The lowest BCUT2D eigenvalue weighted by atomic mass is 10.2. The van der Waals surface area contributed by atoms with E-state index < -0.39 is 0 Å². The Hall–Kier alpha value is -1.09. The molecule has 3 heteroatoms. The molecule has 1 saturated carbocycles. The maximum absolute atomic E-state index is 8.62. The first kappa shape index (κ1) is 9.46. The zero-order valence-corrected chi connectivity index (χ0v) is 8.45. The third-order valence-corrected chi connectivity index (χ3v) is 2.48. The number of hydrogen-bond donors (Lipinski definition) is 2. The summed E-state index contributed by atoms with van der Waals surface area (Å²) in [7, 11) is 0. The second-order valence-electron chi connectivity index (χ2n) is 3.82. The van der Waals surface area contributed by atoms with E-state index in [0.29, 0.717) is 12.3 Å². The second-order valence-corrected chi connectivity index (χ2v) is 3.82. The number of aliphatic hydroxyl groups excluding tert-OH is 1. The Balaban J connectivity index is 2.07. The zero-order valence-electron chi connectivity index (χ0n) is 8.45. The van der Waals surface area contributed by atoms with Crippen molar-refractivity contribution in [1.29, 1.82) is 0 Å². The predicted octanol–water partition coefficient (Wildman–Crippen LogP) is 1.99. The van der Waals surface area contributed by atoms with Crippen LogP contribution < -0.4 is 0 Å². The van der Waals surface area contributed by atoms with Crippen molar-refractivity contribution in [2.24, 2.45) is 0 Å². The maximum Gasteiger partial charge on any atom is 0.130 e. The van der Waals surface area contributed by atoms with Gasteiger partial charge in [-0.1, -0.05) is 6.08 Å². The average Bonchev–Trinajstić information content (AvgIpc) is 2.92. The van der Waals surface area contributed by atoms with E-state index in [2.05, 4.69) is 16.9 Å². The molecule has 1 fully saturated rings. The van der Waals surface area contributed by atoms with E-state index in [0.717, 1.165) is 5.82 Å². The number of H-pyrrole nitrogens is 1. The molecule has 1 aliphatic rings. The first-order valence-corrected chi connectivity index (χ1v) is 5.15. The van der Waals surface area contributed by atoms with Gasteiger partial charge in [0.1, 0.15) is 5.82 Å². The Morgan fingerprint density at radius 3 is 3.00 bits per heavy atom. The number of imidazole rings is 1. The fraction of sp³-hybridized carbons (Fsp3) is 0.545. The Labute approximate surface area is 83.9 Å². The lowest BCUT2D eigenvalue weighted by Gasteiger charge is -1.89. The highest BCUT2D eigenvalue weighted by atomic mass is 16.2. The minimum Gasteiger partial charge on any atom is -0.396 e. The fourth-order valence-corrected chi connectivity index (χ4v) is 1.60. The van der Waals surface area contributed by atoms with Crippen molar-refractivity contribution >= 4 is 6.08 Å². The number of rotatable bonds is 4. The molecule has 1 aromatic rings. The lowest BCUT2D eigenvalue weighted by molar-refractivity contribution is 0.303. The molecule has 0 unspecified atom stereocenters. The van der Waals surface area contributed by atoms with Gasteiger partial charge in [-0.25, -0.2) is 4.98 Å². The maximum atomic E-state index is 8.62. The minimum atomic E-state index is 0.200. The lowest BCUT2D eigenvalue weighted by Crippen LogP contribution is -1.81. The number of aromatic nitrogens is 2. The summed E-state index contributed by atoms with van der Waals surface area (Å²) < 4.78 is 0. The SMILES string of the molecule is Cc1[nH]c(/C=C/CCO)nc1C1CC1. The van der Waals surface area contributed by atoms with E-state index in [1.807, 2.05) is 12.2 Å². The highest BCUT2D eigenvalue weighted by Gasteiger charge is 2.27. The molecule has 3 nitrogen and oxygen atoms in total. The summed E-state index contributed by atoms with van der Waals surface area (Å²) in [6.45, 7) is 2.27. The minimum absolute atomic E-state index is 0.200. The molecule has 0 atom stereocenters. The normalized spacial score (nSPS) is 16.7. The first-order chi connectivity index (χ1) is 6.81. The summed E-state index contributed by atoms with van der Waals surface area (Å²) in [4.78, 5) is 7.76. The molecule has 0 aromatic carbocycles. The van der Waals surface area contributed by atoms with Gasteiger partial charge in [0.2, 0.25) is 0 Å². The van der Waals surface area contributed by atoms with Gasteiger partial charge in [-0.05, 0) is 32.3 Å². The summed E-state index contributed by atoms with van der Waals surface area (Å²) in [5.74, 6) is 1.61. The van der Waals surface area contributed by atoms with E-state index in [9.17, 15) is 0 Å². The van der Waals surface area contributed by atoms with Gasteiger partial charge in [0.05, 0.1) is 5.69 Å². The molecular weight excluding hydrogens is 176 g/mol. The van der Waals surface area contributed by atoms with Crippen molar-refractivity contribution in [3.05, 3.63) is 23.3 Å². The Kier molecular flexibility index (Phi) is 2.68. The van der Waals surface area contributed by atoms with E-state index in [-0.39, 0.29) is 6.61 Å². The zero-order chi connectivity index (χ0) is 9.97. The average molecular weight is 192 g/mol. The quantitative estimate of drug-likeness (QED) is 0.766. The molecule has 0 amide bonds. The van der Waals surface area contributed by atoms with Gasteiger partial charge in [-0.15, -0.1) is 0 Å². The van der Waals surface area contributed by atoms with Crippen LogP contribution in [-0.2, 0) is 0 Å². The van der Waals surface area contributed by atoms with E-state index in [4.69, 9.17) is 5.11 Å². The van der Waals surface area contributed by atoms with Gasteiger partial charge in [-0.3, -0.25) is 0 Å². The van der Waals surface area contributed by atoms with Crippen molar-refractivity contribution in [2.45, 2.75) is 32.1 Å². The first-order valence-electron chi connectivity index (χ1n) is 5.15. The largest absolute Gasteiger partial charge is 0.396 e. The van der Waals surface area contributed by atoms with Crippen LogP contribution in [-0.4, -0.2) is 21.7 Å². The highest BCUT2D eigenvalue weighted by molar-refractivity contribution is 5.42. The predicted molar refractivity (Wildman–Crippen MR) is 56.0 cm³/mol. The topological polar surface area (TPSA) is 48.9 Å². The number of aryl methyl sites for hydroxylation is 1. The molecular formula is C11H16N2O. The standard InChI is InChI=1S/C11H16N2O/c1-8-11(9-5-6-9)13-10(12-8)4-2-3-7-14/h2,4,9,14H,3,5-7H2,1H3,(H,12,13)/b4-2+. The van der Waals surface area contributed by atoms with Crippen molar-refractivity contribution < 1.29 is 5.11 Å². The molecule has 76 valence electrons. The summed E-state index contributed by atoms with van der Waals surface area (Å²) in [6, 6.07) is 0. The molecule has 2 N–H and O–H groups in total. The van der Waals surface area contributed by atoms with Gasteiger partial charge in [0, 0.05) is 18.2 Å². The van der Waals surface area contributed by atoms with Crippen LogP contribution in [0.15, 0.2) is 6.08 Å². The Morgan fingerprint density at radius 1 is 1.57 bits per heavy atom. The Bertz CT molecular complexity index is 337. The van der Waals surface area contributed by atoms with Crippen LogP contribution in [0.5, 0.6) is 0 Å². The van der Waals surface area contributed by atoms with Crippen LogP contribution in [0.2, 0.25) is 0 Å². The molecule has 0 aliphatic heterocycles. The van der Waals surface area contributed by atoms with Crippen LogP contribution >= 0.6 is 0 Å². The molecule has 0 bridgehead atoms. The van der Waals surface area contributed by atoms with E-state index >= 15 is 0 Å². The molecule has 0 radical (unpaired) electrons. The van der Waals surface area contributed by atoms with Crippen LogP contribution in [0.3, 0.4) is 0 Å². The number of hydrogen-bond acceptors (Lipinski definition) is 2. The molecule has 1 aliphatic carbocycles. The summed E-state index contributed by atoms with van der Waals surface area (Å²) in [5.41, 5.74) is 2.42. The van der Waals surface area contributed by atoms with Crippen LogP contribution in [0.1, 0.15) is 42.4 Å². The fourth-order valence-electron chi connectivity index (χ4n) is 1.60. The molecule has 0 saturated heterocycles. The number of aromatic amines is 1. The van der Waals surface area contributed by atoms with Gasteiger partial charge < -0.3 is 10.1 Å².